The van der Waals surface area contributed by atoms with Gasteiger partial charge in [-0.1, -0.05) is 29.8 Å². The minimum Gasteiger partial charge on any atom is -0.493 e. The predicted molar refractivity (Wildman–Crippen MR) is 133 cm³/mol. The summed E-state index contributed by atoms with van der Waals surface area (Å²) in [6, 6.07) is 18.5. The van der Waals surface area contributed by atoms with Gasteiger partial charge >= 0.3 is 0 Å². The second-order valence-corrected chi connectivity index (χ2v) is 7.98. The number of para-hydroxylation sites is 1. The van der Waals surface area contributed by atoms with Crippen molar-refractivity contribution in [3.05, 3.63) is 71.2 Å². The third kappa shape index (κ3) is 3.99. The van der Waals surface area contributed by atoms with E-state index in [1.54, 1.807) is 44.7 Å². The lowest BCUT2D eigenvalue weighted by Gasteiger charge is -2.08. The average molecular weight is 474 g/mol. The number of amides is 1. The lowest BCUT2D eigenvalue weighted by Crippen LogP contribution is -2.23. The van der Waals surface area contributed by atoms with E-state index >= 15 is 0 Å². The van der Waals surface area contributed by atoms with Crippen molar-refractivity contribution in [2.45, 2.75) is 6.54 Å². The molecule has 0 bridgehead atoms. The molecule has 0 aliphatic carbocycles. The zero-order valence-corrected chi connectivity index (χ0v) is 19.2. The second-order valence-electron chi connectivity index (χ2n) is 7.54. The Balaban J connectivity index is 1.44. The molecule has 2 aromatic heterocycles. The number of aromatic nitrogens is 3. The van der Waals surface area contributed by atoms with Gasteiger partial charge in [-0.15, -0.1) is 0 Å². The van der Waals surface area contributed by atoms with Gasteiger partial charge in [0, 0.05) is 10.4 Å². The SMILES string of the molecule is COc1ccc(/C=N/NC(=O)Cn2c3ccccc3c3nc4cc(Cl)ccc4nc32)cc1OC. The van der Waals surface area contributed by atoms with Crippen molar-refractivity contribution in [2.75, 3.05) is 14.2 Å². The van der Waals surface area contributed by atoms with E-state index in [-0.39, 0.29) is 12.5 Å². The molecule has 0 aliphatic heterocycles. The first-order valence-electron chi connectivity index (χ1n) is 10.5. The van der Waals surface area contributed by atoms with Gasteiger partial charge in [0.05, 0.1) is 37.0 Å². The van der Waals surface area contributed by atoms with Crippen LogP contribution in [0.15, 0.2) is 65.8 Å². The Morgan fingerprint density at radius 2 is 1.85 bits per heavy atom. The molecule has 1 N–H and O–H groups in total. The van der Waals surface area contributed by atoms with E-state index in [1.165, 1.54) is 0 Å². The van der Waals surface area contributed by atoms with Crippen molar-refractivity contribution in [1.29, 1.82) is 0 Å². The van der Waals surface area contributed by atoms with Crippen LogP contribution >= 0.6 is 11.6 Å². The fourth-order valence-electron chi connectivity index (χ4n) is 3.86. The molecule has 3 aromatic carbocycles. The summed E-state index contributed by atoms with van der Waals surface area (Å²) in [4.78, 5) is 22.3. The number of rotatable bonds is 6. The standard InChI is InChI=1S/C25H20ClN5O3/c1-33-21-10-7-15(11-22(21)34-2)13-27-30-23(32)14-31-20-6-4-3-5-17(20)24-25(31)29-18-9-8-16(26)12-19(18)28-24/h3-13H,14H2,1-2H3,(H,30,32)/b27-13+. The molecule has 170 valence electrons. The predicted octanol–water partition coefficient (Wildman–Crippen LogP) is 4.56. The average Bonchev–Trinajstić information content (AvgIpc) is 3.15. The lowest BCUT2D eigenvalue weighted by atomic mass is 10.2. The summed E-state index contributed by atoms with van der Waals surface area (Å²) < 4.78 is 12.4. The molecule has 0 atom stereocenters. The summed E-state index contributed by atoms with van der Waals surface area (Å²) in [7, 11) is 3.13. The minimum atomic E-state index is -0.294. The molecule has 9 heteroatoms. The fraction of sp³-hybridized carbons (Fsp3) is 0.120. The molecule has 0 spiro atoms. The van der Waals surface area contributed by atoms with Gasteiger partial charge in [-0.2, -0.15) is 5.10 Å². The van der Waals surface area contributed by atoms with Crippen LogP contribution in [0.5, 0.6) is 11.5 Å². The van der Waals surface area contributed by atoms with E-state index in [4.69, 9.17) is 31.0 Å². The number of halogens is 1. The summed E-state index contributed by atoms with van der Waals surface area (Å²) >= 11 is 6.13. The number of benzene rings is 3. The summed E-state index contributed by atoms with van der Waals surface area (Å²) in [5, 5.41) is 5.59. The second kappa shape index (κ2) is 8.99. The van der Waals surface area contributed by atoms with Crippen LogP contribution in [0.25, 0.3) is 33.1 Å². The van der Waals surface area contributed by atoms with Crippen LogP contribution in [0.4, 0.5) is 0 Å². The maximum atomic E-state index is 12.8. The van der Waals surface area contributed by atoms with Crippen LogP contribution in [-0.4, -0.2) is 40.9 Å². The van der Waals surface area contributed by atoms with Crippen molar-refractivity contribution in [3.63, 3.8) is 0 Å². The largest absolute Gasteiger partial charge is 0.493 e. The topological polar surface area (TPSA) is 90.6 Å². The van der Waals surface area contributed by atoms with Gasteiger partial charge in [-0.25, -0.2) is 15.4 Å². The van der Waals surface area contributed by atoms with Crippen LogP contribution < -0.4 is 14.9 Å². The van der Waals surface area contributed by atoms with Gasteiger partial charge in [0.2, 0.25) is 0 Å². The quantitative estimate of drug-likeness (QED) is 0.288. The monoisotopic (exact) mass is 473 g/mol. The van der Waals surface area contributed by atoms with Crippen LogP contribution in [0, 0.1) is 0 Å². The molecule has 8 nitrogen and oxygen atoms in total. The van der Waals surface area contributed by atoms with Crippen molar-refractivity contribution in [2.24, 2.45) is 5.10 Å². The number of methoxy groups -OCH3 is 2. The molecule has 0 saturated heterocycles. The number of hydrogen-bond acceptors (Lipinski definition) is 6. The Bertz CT molecular complexity index is 1580. The molecule has 5 aromatic rings. The van der Waals surface area contributed by atoms with E-state index in [1.807, 2.05) is 41.0 Å². The molecule has 5 rings (SSSR count). The number of hydrogen-bond donors (Lipinski definition) is 1. The number of ether oxygens (including phenoxy) is 2. The first kappa shape index (κ1) is 21.7. The zero-order valence-electron chi connectivity index (χ0n) is 18.4. The van der Waals surface area contributed by atoms with Gasteiger partial charge in [-0.3, -0.25) is 4.79 Å². The molecule has 0 aliphatic rings. The van der Waals surface area contributed by atoms with Crippen molar-refractivity contribution < 1.29 is 14.3 Å². The zero-order chi connectivity index (χ0) is 23.7. The van der Waals surface area contributed by atoms with Gasteiger partial charge in [0.25, 0.3) is 5.91 Å². The lowest BCUT2D eigenvalue weighted by molar-refractivity contribution is -0.121. The number of nitrogens with zero attached hydrogens (tertiary/aromatic N) is 4. The maximum Gasteiger partial charge on any atom is 0.260 e. The van der Waals surface area contributed by atoms with Crippen molar-refractivity contribution in [1.82, 2.24) is 20.0 Å². The maximum absolute atomic E-state index is 12.8. The van der Waals surface area contributed by atoms with E-state index in [9.17, 15) is 4.79 Å². The Morgan fingerprint density at radius 3 is 2.68 bits per heavy atom. The Kier molecular flexibility index (Phi) is 5.73. The third-order valence-electron chi connectivity index (χ3n) is 5.43. The number of carbonyl (C=O) groups excluding carboxylic acids is 1. The first-order chi connectivity index (χ1) is 16.6. The highest BCUT2D eigenvalue weighted by Gasteiger charge is 2.16. The number of hydrazone groups is 1. The first-order valence-corrected chi connectivity index (χ1v) is 10.8. The highest BCUT2D eigenvalue weighted by molar-refractivity contribution is 6.31. The van der Waals surface area contributed by atoms with Crippen LogP contribution in [0.3, 0.4) is 0 Å². The van der Waals surface area contributed by atoms with Gasteiger partial charge < -0.3 is 14.0 Å². The van der Waals surface area contributed by atoms with Crippen molar-refractivity contribution >= 4 is 56.8 Å². The molecule has 2 heterocycles. The normalized spacial score (nSPS) is 11.5. The Labute approximate surface area is 199 Å². The highest BCUT2D eigenvalue weighted by Crippen LogP contribution is 2.29. The molecule has 34 heavy (non-hydrogen) atoms. The van der Waals surface area contributed by atoms with E-state index < -0.39 is 0 Å². The van der Waals surface area contributed by atoms with Crippen LogP contribution in [0.2, 0.25) is 5.02 Å². The molecule has 0 saturated carbocycles. The molecule has 0 unspecified atom stereocenters. The molecule has 0 fully saturated rings. The van der Waals surface area contributed by atoms with Gasteiger partial charge in [0.15, 0.2) is 17.1 Å². The minimum absolute atomic E-state index is 0.0288. The van der Waals surface area contributed by atoms with E-state index in [2.05, 4.69) is 10.5 Å². The number of nitrogens with one attached hydrogen (secondary N) is 1. The molecule has 1 amide bonds. The summed E-state index contributed by atoms with van der Waals surface area (Å²) in [6.07, 6.45) is 1.54. The highest BCUT2D eigenvalue weighted by atomic mass is 35.5. The van der Waals surface area contributed by atoms with Gasteiger partial charge in [0.1, 0.15) is 12.1 Å². The Hall–Kier alpha value is -4.17. The molecular weight excluding hydrogens is 454 g/mol. The van der Waals surface area contributed by atoms with Crippen molar-refractivity contribution in [3.8, 4) is 11.5 Å². The summed E-state index contributed by atoms with van der Waals surface area (Å²) in [6.45, 7) is 0.0288. The van der Waals surface area contributed by atoms with E-state index in [0.29, 0.717) is 38.7 Å². The number of fused-ring (bicyclic) bond motifs is 4. The molecule has 0 radical (unpaired) electrons. The van der Waals surface area contributed by atoms with E-state index in [0.717, 1.165) is 16.5 Å². The molecular formula is C25H20ClN5O3. The fourth-order valence-corrected chi connectivity index (χ4v) is 4.03. The third-order valence-corrected chi connectivity index (χ3v) is 5.66. The number of carbonyl (C=O) groups is 1. The smallest absolute Gasteiger partial charge is 0.260 e. The summed E-state index contributed by atoms with van der Waals surface area (Å²) in [5.41, 5.74) is 6.93. The summed E-state index contributed by atoms with van der Waals surface area (Å²) in [5.74, 6) is 0.901. The van der Waals surface area contributed by atoms with Gasteiger partial charge in [-0.05, 0) is 48.0 Å². The Morgan fingerprint density at radius 1 is 1.03 bits per heavy atom. The van der Waals surface area contributed by atoms with Crippen LogP contribution in [0.1, 0.15) is 5.56 Å². The van der Waals surface area contributed by atoms with Crippen LogP contribution in [-0.2, 0) is 11.3 Å².